The van der Waals surface area contributed by atoms with Gasteiger partial charge in [0.1, 0.15) is 12.1 Å². The number of amides is 1. The minimum atomic E-state index is -0.708. The van der Waals surface area contributed by atoms with E-state index in [1.807, 2.05) is 6.92 Å². The monoisotopic (exact) mass is 272 g/mol. The molecule has 0 unspecified atom stereocenters. The Morgan fingerprint density at radius 1 is 1.45 bits per heavy atom. The van der Waals surface area contributed by atoms with E-state index in [1.165, 1.54) is 0 Å². The lowest BCUT2D eigenvalue weighted by Gasteiger charge is -2.46. The average molecular weight is 272 g/mol. The summed E-state index contributed by atoms with van der Waals surface area (Å²) in [5.41, 5.74) is -0.174. The third kappa shape index (κ3) is 2.18. The SMILES string of the molecule is CCC1(O)CN(C(=O)c2ccc(-n3ccnc3)nc2)C1. The fourth-order valence-electron chi connectivity index (χ4n) is 2.27. The number of pyridine rings is 1. The highest BCUT2D eigenvalue weighted by Gasteiger charge is 2.42. The fraction of sp³-hybridized carbons (Fsp3) is 0.357. The first-order valence-corrected chi connectivity index (χ1v) is 6.57. The molecule has 1 amide bonds. The molecule has 0 saturated carbocycles. The summed E-state index contributed by atoms with van der Waals surface area (Å²) in [5, 5.41) is 9.93. The number of likely N-dealkylation sites (tertiary alicyclic amines) is 1. The molecule has 6 heteroatoms. The zero-order valence-electron chi connectivity index (χ0n) is 11.2. The largest absolute Gasteiger partial charge is 0.386 e. The zero-order valence-corrected chi connectivity index (χ0v) is 11.2. The van der Waals surface area contributed by atoms with Gasteiger partial charge in [-0.15, -0.1) is 0 Å². The molecule has 1 aliphatic rings. The minimum Gasteiger partial charge on any atom is -0.386 e. The van der Waals surface area contributed by atoms with E-state index in [0.29, 0.717) is 30.9 Å². The molecular weight excluding hydrogens is 256 g/mol. The Hall–Kier alpha value is -2.21. The number of rotatable bonds is 3. The highest BCUT2D eigenvalue weighted by Crippen LogP contribution is 2.25. The standard InChI is InChI=1S/C14H16N4O2/c1-2-14(20)8-18(9-14)13(19)11-3-4-12(16-7-11)17-6-5-15-10-17/h3-7,10,20H,2,8-9H2,1H3. The number of nitrogens with zero attached hydrogens (tertiary/aromatic N) is 4. The second-order valence-electron chi connectivity index (χ2n) is 5.11. The maximum absolute atomic E-state index is 12.2. The molecule has 1 aliphatic heterocycles. The molecule has 1 fully saturated rings. The molecule has 3 heterocycles. The first-order chi connectivity index (χ1) is 9.61. The highest BCUT2D eigenvalue weighted by molar-refractivity contribution is 5.94. The summed E-state index contributed by atoms with van der Waals surface area (Å²) in [6, 6.07) is 3.52. The van der Waals surface area contributed by atoms with E-state index < -0.39 is 5.60 Å². The molecule has 0 aliphatic carbocycles. The second-order valence-corrected chi connectivity index (χ2v) is 5.11. The molecule has 2 aromatic heterocycles. The second kappa shape index (κ2) is 4.72. The number of imidazole rings is 1. The molecule has 3 rings (SSSR count). The van der Waals surface area contributed by atoms with E-state index in [2.05, 4.69) is 9.97 Å². The van der Waals surface area contributed by atoms with Gasteiger partial charge in [-0.25, -0.2) is 9.97 Å². The lowest BCUT2D eigenvalue weighted by molar-refractivity contribution is -0.0826. The lowest BCUT2D eigenvalue weighted by Crippen LogP contribution is -2.63. The molecule has 104 valence electrons. The number of aromatic nitrogens is 3. The molecule has 0 radical (unpaired) electrons. The van der Waals surface area contributed by atoms with Crippen LogP contribution in [0.25, 0.3) is 5.82 Å². The maximum atomic E-state index is 12.2. The van der Waals surface area contributed by atoms with E-state index in [9.17, 15) is 9.90 Å². The molecule has 0 atom stereocenters. The molecule has 6 nitrogen and oxygen atoms in total. The van der Waals surface area contributed by atoms with Crippen LogP contribution in [0.5, 0.6) is 0 Å². The van der Waals surface area contributed by atoms with E-state index in [0.717, 1.165) is 0 Å². The van der Waals surface area contributed by atoms with Crippen molar-refractivity contribution in [3.8, 4) is 5.82 Å². The van der Waals surface area contributed by atoms with E-state index in [-0.39, 0.29) is 5.91 Å². The Morgan fingerprint density at radius 2 is 2.25 bits per heavy atom. The number of carbonyl (C=O) groups excluding carboxylic acids is 1. The quantitative estimate of drug-likeness (QED) is 0.899. The van der Waals surface area contributed by atoms with Crippen LogP contribution < -0.4 is 0 Å². The number of aliphatic hydroxyl groups is 1. The molecule has 0 aromatic carbocycles. The molecule has 0 bridgehead atoms. The van der Waals surface area contributed by atoms with Gasteiger partial charge in [-0.1, -0.05) is 6.92 Å². The maximum Gasteiger partial charge on any atom is 0.255 e. The van der Waals surface area contributed by atoms with Crippen molar-refractivity contribution in [2.24, 2.45) is 0 Å². The van der Waals surface area contributed by atoms with E-state index in [1.54, 1.807) is 46.5 Å². The van der Waals surface area contributed by atoms with Gasteiger partial charge >= 0.3 is 0 Å². The van der Waals surface area contributed by atoms with Crippen LogP contribution in [0.15, 0.2) is 37.1 Å². The van der Waals surface area contributed by atoms with Crippen molar-refractivity contribution in [2.45, 2.75) is 18.9 Å². The molecule has 1 saturated heterocycles. The van der Waals surface area contributed by atoms with Crippen molar-refractivity contribution < 1.29 is 9.90 Å². The topological polar surface area (TPSA) is 71.2 Å². The van der Waals surface area contributed by atoms with Crippen LogP contribution in [0.3, 0.4) is 0 Å². The van der Waals surface area contributed by atoms with Crippen LogP contribution in [0.2, 0.25) is 0 Å². The summed E-state index contributed by atoms with van der Waals surface area (Å²) >= 11 is 0. The van der Waals surface area contributed by atoms with Crippen LogP contribution in [0.1, 0.15) is 23.7 Å². The Bertz CT molecular complexity index is 601. The molecular formula is C14H16N4O2. The van der Waals surface area contributed by atoms with E-state index in [4.69, 9.17) is 0 Å². The number of β-amino-alcohol motifs (C(OH)–C–C–N with tert-alkyl or cyclic N) is 1. The summed E-state index contributed by atoms with van der Waals surface area (Å²) in [6.07, 6.45) is 7.34. The minimum absolute atomic E-state index is 0.0900. The van der Waals surface area contributed by atoms with Gasteiger partial charge in [-0.05, 0) is 18.6 Å². The van der Waals surface area contributed by atoms with Gasteiger partial charge in [0.25, 0.3) is 5.91 Å². The molecule has 1 N–H and O–H groups in total. The van der Waals surface area contributed by atoms with Gasteiger partial charge in [0.05, 0.1) is 24.3 Å². The average Bonchev–Trinajstić information content (AvgIpc) is 2.97. The van der Waals surface area contributed by atoms with Crippen LogP contribution in [-0.4, -0.2) is 49.1 Å². The normalized spacial score (nSPS) is 16.8. The number of carbonyl (C=O) groups is 1. The van der Waals surface area contributed by atoms with Crippen molar-refractivity contribution in [1.29, 1.82) is 0 Å². The first kappa shape index (κ1) is 12.8. The van der Waals surface area contributed by atoms with Gasteiger partial charge in [0, 0.05) is 18.6 Å². The number of hydrogen-bond acceptors (Lipinski definition) is 4. The Labute approximate surface area is 116 Å². The Morgan fingerprint density at radius 3 is 2.80 bits per heavy atom. The third-order valence-corrected chi connectivity index (χ3v) is 3.68. The first-order valence-electron chi connectivity index (χ1n) is 6.57. The Kier molecular flexibility index (Phi) is 3.02. The van der Waals surface area contributed by atoms with Gasteiger partial charge in [-0.2, -0.15) is 0 Å². The number of hydrogen-bond donors (Lipinski definition) is 1. The van der Waals surface area contributed by atoms with Crippen molar-refractivity contribution in [3.05, 3.63) is 42.6 Å². The third-order valence-electron chi connectivity index (χ3n) is 3.68. The van der Waals surface area contributed by atoms with Gasteiger partial charge in [-0.3, -0.25) is 9.36 Å². The van der Waals surface area contributed by atoms with Gasteiger partial charge in [0.2, 0.25) is 0 Å². The van der Waals surface area contributed by atoms with Crippen molar-refractivity contribution >= 4 is 5.91 Å². The van der Waals surface area contributed by atoms with Gasteiger partial charge < -0.3 is 10.0 Å². The predicted octanol–water partition coefficient (Wildman–Crippen LogP) is 0.864. The zero-order chi connectivity index (χ0) is 14.2. The highest BCUT2D eigenvalue weighted by atomic mass is 16.3. The summed E-state index contributed by atoms with van der Waals surface area (Å²) in [6.45, 7) is 2.71. The smallest absolute Gasteiger partial charge is 0.255 e. The van der Waals surface area contributed by atoms with Gasteiger partial charge in [0.15, 0.2) is 0 Å². The van der Waals surface area contributed by atoms with Crippen molar-refractivity contribution in [1.82, 2.24) is 19.4 Å². The van der Waals surface area contributed by atoms with Crippen molar-refractivity contribution in [2.75, 3.05) is 13.1 Å². The summed E-state index contributed by atoms with van der Waals surface area (Å²) in [5.74, 6) is 0.625. The summed E-state index contributed by atoms with van der Waals surface area (Å²) in [4.78, 5) is 22.0. The Balaban J connectivity index is 1.71. The van der Waals surface area contributed by atoms with Crippen LogP contribution in [0.4, 0.5) is 0 Å². The molecule has 20 heavy (non-hydrogen) atoms. The summed E-state index contributed by atoms with van der Waals surface area (Å²) in [7, 11) is 0. The predicted molar refractivity (Wildman–Crippen MR) is 72.5 cm³/mol. The lowest BCUT2D eigenvalue weighted by atomic mass is 9.91. The van der Waals surface area contributed by atoms with Crippen LogP contribution in [0, 0.1) is 0 Å². The molecule has 2 aromatic rings. The van der Waals surface area contributed by atoms with Crippen LogP contribution >= 0.6 is 0 Å². The van der Waals surface area contributed by atoms with Crippen LogP contribution in [-0.2, 0) is 0 Å². The van der Waals surface area contributed by atoms with Crippen molar-refractivity contribution in [3.63, 3.8) is 0 Å². The molecule has 0 spiro atoms. The van der Waals surface area contributed by atoms with E-state index >= 15 is 0 Å². The fourth-order valence-corrected chi connectivity index (χ4v) is 2.27. The summed E-state index contributed by atoms with van der Waals surface area (Å²) < 4.78 is 1.77.